The van der Waals surface area contributed by atoms with E-state index in [2.05, 4.69) is 67.3 Å². The normalized spacial score (nSPS) is 12.7. The molecule has 0 aliphatic rings. The fourth-order valence-electron chi connectivity index (χ4n) is 2.47. The summed E-state index contributed by atoms with van der Waals surface area (Å²) in [6.45, 7) is 8.95. The van der Waals surface area contributed by atoms with E-state index in [-0.39, 0.29) is 24.0 Å². The summed E-state index contributed by atoms with van der Waals surface area (Å²) in [7, 11) is 3.89. The van der Waals surface area contributed by atoms with E-state index >= 15 is 0 Å². The highest BCUT2D eigenvalue weighted by atomic mass is 127. The van der Waals surface area contributed by atoms with Crippen LogP contribution in [0, 0.1) is 5.92 Å². The van der Waals surface area contributed by atoms with E-state index in [0.717, 1.165) is 32.1 Å². The van der Waals surface area contributed by atoms with Crippen LogP contribution in [0.5, 0.6) is 0 Å². The van der Waals surface area contributed by atoms with Gasteiger partial charge in [0, 0.05) is 33.8 Å². The maximum atomic E-state index is 5.78. The SMILES string of the molecule is CCOC(CCNC(=NC)N(C)Cc1ccccc1)C(C)C.I. The average Bonchev–Trinajstić information content (AvgIpc) is 2.51. The number of benzene rings is 1. The summed E-state index contributed by atoms with van der Waals surface area (Å²) in [5.41, 5.74) is 1.28. The number of nitrogens with one attached hydrogen (secondary N) is 1. The number of aliphatic imine (C=N–C) groups is 1. The highest BCUT2D eigenvalue weighted by Crippen LogP contribution is 2.10. The lowest BCUT2D eigenvalue weighted by Gasteiger charge is -2.25. The van der Waals surface area contributed by atoms with Crippen molar-refractivity contribution in [3.8, 4) is 0 Å². The van der Waals surface area contributed by atoms with Crippen molar-refractivity contribution in [2.45, 2.75) is 39.8 Å². The Morgan fingerprint density at radius 2 is 1.91 bits per heavy atom. The molecule has 1 N–H and O–H groups in total. The topological polar surface area (TPSA) is 36.9 Å². The predicted molar refractivity (Wildman–Crippen MR) is 110 cm³/mol. The molecule has 0 aliphatic heterocycles. The lowest BCUT2D eigenvalue weighted by atomic mass is 10.0. The Labute approximate surface area is 158 Å². The molecule has 0 aromatic heterocycles. The van der Waals surface area contributed by atoms with Crippen LogP contribution in [0.25, 0.3) is 0 Å². The molecular weight excluding hydrogens is 401 g/mol. The fraction of sp³-hybridized carbons (Fsp3) is 0.611. The van der Waals surface area contributed by atoms with Gasteiger partial charge in [-0.05, 0) is 24.8 Å². The quantitative estimate of drug-likeness (QED) is 0.385. The lowest BCUT2D eigenvalue weighted by molar-refractivity contribution is 0.0257. The zero-order valence-electron chi connectivity index (χ0n) is 15.1. The van der Waals surface area contributed by atoms with E-state index in [1.807, 2.05) is 13.1 Å². The third kappa shape index (κ3) is 8.55. The zero-order chi connectivity index (χ0) is 16.4. The van der Waals surface area contributed by atoms with Crippen molar-refractivity contribution >= 4 is 29.9 Å². The van der Waals surface area contributed by atoms with Crippen LogP contribution in [0.2, 0.25) is 0 Å². The van der Waals surface area contributed by atoms with E-state index in [1.54, 1.807) is 0 Å². The molecule has 1 rings (SSSR count). The summed E-state index contributed by atoms with van der Waals surface area (Å²) in [5, 5.41) is 3.43. The van der Waals surface area contributed by atoms with E-state index < -0.39 is 0 Å². The Morgan fingerprint density at radius 3 is 2.43 bits per heavy atom. The molecule has 0 bridgehead atoms. The van der Waals surface area contributed by atoms with Crippen LogP contribution in [0.1, 0.15) is 32.8 Å². The van der Waals surface area contributed by atoms with Gasteiger partial charge in [0.15, 0.2) is 5.96 Å². The molecule has 23 heavy (non-hydrogen) atoms. The first-order valence-corrected chi connectivity index (χ1v) is 8.15. The molecule has 0 saturated heterocycles. The molecule has 0 saturated carbocycles. The van der Waals surface area contributed by atoms with Crippen molar-refractivity contribution < 1.29 is 4.74 Å². The molecule has 0 amide bonds. The second-order valence-corrected chi connectivity index (χ2v) is 5.84. The maximum absolute atomic E-state index is 5.78. The van der Waals surface area contributed by atoms with Gasteiger partial charge in [-0.25, -0.2) is 0 Å². The highest BCUT2D eigenvalue weighted by Gasteiger charge is 2.13. The van der Waals surface area contributed by atoms with Gasteiger partial charge >= 0.3 is 0 Å². The minimum absolute atomic E-state index is 0. The molecular formula is C18H32IN3O. The molecule has 5 heteroatoms. The first-order chi connectivity index (χ1) is 10.6. The van der Waals surface area contributed by atoms with E-state index in [0.29, 0.717) is 12.0 Å². The number of hydrogen-bond acceptors (Lipinski definition) is 2. The van der Waals surface area contributed by atoms with E-state index in [9.17, 15) is 0 Å². The molecule has 1 aromatic carbocycles. The number of guanidine groups is 1. The monoisotopic (exact) mass is 433 g/mol. The number of halogens is 1. The third-order valence-electron chi connectivity index (χ3n) is 3.67. The fourth-order valence-corrected chi connectivity index (χ4v) is 2.47. The summed E-state index contributed by atoms with van der Waals surface area (Å²) in [6.07, 6.45) is 1.29. The second kappa shape index (κ2) is 12.6. The van der Waals surface area contributed by atoms with Crippen LogP contribution in [0.4, 0.5) is 0 Å². The smallest absolute Gasteiger partial charge is 0.193 e. The van der Waals surface area contributed by atoms with Crippen molar-refractivity contribution in [2.24, 2.45) is 10.9 Å². The van der Waals surface area contributed by atoms with Crippen LogP contribution in [-0.4, -0.2) is 44.2 Å². The zero-order valence-corrected chi connectivity index (χ0v) is 17.4. The molecule has 1 unspecified atom stereocenters. The van der Waals surface area contributed by atoms with Gasteiger partial charge in [0.25, 0.3) is 0 Å². The first-order valence-electron chi connectivity index (χ1n) is 8.15. The van der Waals surface area contributed by atoms with Gasteiger partial charge in [-0.2, -0.15) is 0 Å². The molecule has 0 fully saturated rings. The summed E-state index contributed by atoms with van der Waals surface area (Å²) in [5.74, 6) is 1.45. The van der Waals surface area contributed by atoms with Crippen molar-refractivity contribution in [3.63, 3.8) is 0 Å². The van der Waals surface area contributed by atoms with Crippen LogP contribution >= 0.6 is 24.0 Å². The molecule has 0 heterocycles. The number of nitrogens with zero attached hydrogens (tertiary/aromatic N) is 2. The standard InChI is InChI=1S/C18H31N3O.HI/c1-6-22-17(15(2)3)12-13-20-18(19-4)21(5)14-16-10-8-7-9-11-16;/h7-11,15,17H,6,12-14H2,1-5H3,(H,19,20);1H. The third-order valence-corrected chi connectivity index (χ3v) is 3.67. The van der Waals surface area contributed by atoms with Crippen LogP contribution in [-0.2, 0) is 11.3 Å². The van der Waals surface area contributed by atoms with E-state index in [4.69, 9.17) is 4.74 Å². The summed E-state index contributed by atoms with van der Waals surface area (Å²) >= 11 is 0. The molecule has 0 spiro atoms. The molecule has 0 aliphatic carbocycles. The minimum Gasteiger partial charge on any atom is -0.378 e. The Balaban J connectivity index is 0.00000484. The second-order valence-electron chi connectivity index (χ2n) is 5.84. The minimum atomic E-state index is 0. The summed E-state index contributed by atoms with van der Waals surface area (Å²) < 4.78 is 5.78. The van der Waals surface area contributed by atoms with Crippen molar-refractivity contribution in [3.05, 3.63) is 35.9 Å². The molecule has 132 valence electrons. The lowest BCUT2D eigenvalue weighted by Crippen LogP contribution is -2.40. The van der Waals surface area contributed by atoms with Gasteiger partial charge in [0.05, 0.1) is 6.10 Å². The van der Waals surface area contributed by atoms with Gasteiger partial charge in [0.2, 0.25) is 0 Å². The van der Waals surface area contributed by atoms with Gasteiger partial charge < -0.3 is 15.0 Å². The van der Waals surface area contributed by atoms with Crippen LogP contribution in [0.15, 0.2) is 35.3 Å². The predicted octanol–water partition coefficient (Wildman–Crippen LogP) is 3.76. The van der Waals surface area contributed by atoms with Gasteiger partial charge in [-0.15, -0.1) is 24.0 Å². The number of hydrogen-bond donors (Lipinski definition) is 1. The number of ether oxygens (including phenoxy) is 1. The molecule has 1 aromatic rings. The van der Waals surface area contributed by atoms with Gasteiger partial charge in [-0.1, -0.05) is 44.2 Å². The van der Waals surface area contributed by atoms with Crippen LogP contribution in [0.3, 0.4) is 0 Å². The van der Waals surface area contributed by atoms with Gasteiger partial charge in [-0.3, -0.25) is 4.99 Å². The molecule has 1 atom stereocenters. The number of rotatable bonds is 8. The van der Waals surface area contributed by atoms with Gasteiger partial charge in [0.1, 0.15) is 0 Å². The summed E-state index contributed by atoms with van der Waals surface area (Å²) in [4.78, 5) is 6.50. The largest absolute Gasteiger partial charge is 0.378 e. The van der Waals surface area contributed by atoms with Crippen molar-refractivity contribution in [2.75, 3.05) is 27.2 Å². The summed E-state index contributed by atoms with van der Waals surface area (Å²) in [6, 6.07) is 10.4. The molecule has 0 radical (unpaired) electrons. The Kier molecular flexibility index (Phi) is 12.1. The van der Waals surface area contributed by atoms with E-state index in [1.165, 1.54) is 5.56 Å². The highest BCUT2D eigenvalue weighted by molar-refractivity contribution is 14.0. The average molecular weight is 433 g/mol. The van der Waals surface area contributed by atoms with Crippen molar-refractivity contribution in [1.82, 2.24) is 10.2 Å². The maximum Gasteiger partial charge on any atom is 0.193 e. The van der Waals surface area contributed by atoms with Crippen LogP contribution < -0.4 is 5.32 Å². The Bertz CT molecular complexity index is 437. The Morgan fingerprint density at radius 1 is 1.26 bits per heavy atom. The Hall–Kier alpha value is -0.820. The molecule has 4 nitrogen and oxygen atoms in total. The van der Waals surface area contributed by atoms with Crippen molar-refractivity contribution in [1.29, 1.82) is 0 Å². The first kappa shape index (κ1) is 22.2.